The Hall–Kier alpha value is -2.79. The molecule has 1 aromatic heterocycles. The fourth-order valence-electron chi connectivity index (χ4n) is 4.25. The summed E-state index contributed by atoms with van der Waals surface area (Å²) >= 11 is 0. The highest BCUT2D eigenvalue weighted by Gasteiger charge is 2.28. The van der Waals surface area contributed by atoms with Gasteiger partial charge in [-0.05, 0) is 44.4 Å². The molecule has 5 heteroatoms. The van der Waals surface area contributed by atoms with Crippen LogP contribution in [0, 0.1) is 5.92 Å². The number of esters is 1. The standard InChI is InChI=1S/C24H27NO4/c1-3-28-24(27)22-21-18(15-25-13-7-8-16(2)14-25)19(26)11-12-20(21)29-23(22)17-9-5-4-6-10-17/h4-6,9-12,16,26H,3,7-8,13-15H2,1-2H3/t16-/m0/s1. The molecule has 5 nitrogen and oxygen atoms in total. The summed E-state index contributed by atoms with van der Waals surface area (Å²) in [6, 6.07) is 12.9. The molecule has 0 unspecified atom stereocenters. The molecule has 1 aliphatic heterocycles. The number of carbonyl (C=O) groups excluding carboxylic acids is 1. The van der Waals surface area contributed by atoms with Crippen LogP contribution >= 0.6 is 0 Å². The van der Waals surface area contributed by atoms with Crippen molar-refractivity contribution in [3.8, 4) is 17.1 Å². The number of furan rings is 1. The highest BCUT2D eigenvalue weighted by Crippen LogP contribution is 2.39. The van der Waals surface area contributed by atoms with Gasteiger partial charge in [-0.1, -0.05) is 37.3 Å². The number of hydrogen-bond acceptors (Lipinski definition) is 5. The second kappa shape index (κ2) is 8.29. The van der Waals surface area contributed by atoms with Gasteiger partial charge in [-0.25, -0.2) is 4.79 Å². The Kier molecular flexibility index (Phi) is 5.58. The van der Waals surface area contributed by atoms with Crippen molar-refractivity contribution < 1.29 is 19.1 Å². The van der Waals surface area contributed by atoms with Gasteiger partial charge < -0.3 is 14.3 Å². The lowest BCUT2D eigenvalue weighted by atomic mass is 9.97. The first kappa shape index (κ1) is 19.5. The lowest BCUT2D eigenvalue weighted by Crippen LogP contribution is -2.33. The molecule has 1 fully saturated rings. The lowest BCUT2D eigenvalue weighted by molar-refractivity contribution is 0.0528. The number of fused-ring (bicyclic) bond motifs is 1. The molecule has 0 aliphatic carbocycles. The summed E-state index contributed by atoms with van der Waals surface area (Å²) in [5.74, 6) is 0.863. The van der Waals surface area contributed by atoms with Gasteiger partial charge in [0.15, 0.2) is 0 Å². The van der Waals surface area contributed by atoms with Gasteiger partial charge >= 0.3 is 5.97 Å². The smallest absolute Gasteiger partial charge is 0.342 e. The second-order valence-electron chi connectivity index (χ2n) is 7.81. The van der Waals surface area contributed by atoms with E-state index in [2.05, 4.69) is 11.8 Å². The zero-order chi connectivity index (χ0) is 20.4. The fraction of sp³-hybridized carbons (Fsp3) is 0.375. The molecule has 1 aliphatic rings. The van der Waals surface area contributed by atoms with E-state index in [1.165, 1.54) is 6.42 Å². The maximum absolute atomic E-state index is 12.9. The molecule has 3 aromatic rings. The Balaban J connectivity index is 1.88. The van der Waals surface area contributed by atoms with E-state index in [9.17, 15) is 9.90 Å². The van der Waals surface area contributed by atoms with Crippen molar-refractivity contribution >= 4 is 16.9 Å². The minimum Gasteiger partial charge on any atom is -0.508 e. The molecule has 1 N–H and O–H groups in total. The van der Waals surface area contributed by atoms with E-state index in [4.69, 9.17) is 9.15 Å². The molecule has 1 atom stereocenters. The number of hydrogen-bond donors (Lipinski definition) is 1. The monoisotopic (exact) mass is 393 g/mol. The molecular weight excluding hydrogens is 366 g/mol. The Bertz CT molecular complexity index is 1010. The molecule has 4 rings (SSSR count). The number of piperidine rings is 1. The molecule has 0 saturated carbocycles. The first-order valence-electron chi connectivity index (χ1n) is 10.3. The summed E-state index contributed by atoms with van der Waals surface area (Å²) in [5, 5.41) is 11.4. The Labute approximate surface area is 170 Å². The first-order chi connectivity index (χ1) is 14.1. The number of benzene rings is 2. The molecule has 0 amide bonds. The van der Waals surface area contributed by atoms with Crippen molar-refractivity contribution in [2.24, 2.45) is 5.92 Å². The molecule has 152 valence electrons. The number of carbonyl (C=O) groups is 1. The number of nitrogens with zero attached hydrogens (tertiary/aromatic N) is 1. The van der Waals surface area contributed by atoms with Crippen LogP contribution in [0.25, 0.3) is 22.3 Å². The van der Waals surface area contributed by atoms with Crippen molar-refractivity contribution in [3.05, 3.63) is 53.6 Å². The van der Waals surface area contributed by atoms with Crippen LogP contribution in [0.4, 0.5) is 0 Å². The summed E-state index contributed by atoms with van der Waals surface area (Å²) in [6.45, 7) is 6.86. The number of aromatic hydroxyl groups is 1. The quantitative estimate of drug-likeness (QED) is 0.603. The summed E-state index contributed by atoms with van der Waals surface area (Å²) in [5.41, 5.74) is 2.52. The zero-order valence-electron chi connectivity index (χ0n) is 17.0. The predicted octanol–water partition coefficient (Wildman–Crippen LogP) is 5.21. The van der Waals surface area contributed by atoms with Crippen LogP contribution in [0.15, 0.2) is 46.9 Å². The van der Waals surface area contributed by atoms with E-state index in [0.29, 0.717) is 34.8 Å². The van der Waals surface area contributed by atoms with Crippen LogP contribution < -0.4 is 0 Å². The van der Waals surface area contributed by atoms with Crippen molar-refractivity contribution in [2.75, 3.05) is 19.7 Å². The minimum atomic E-state index is -0.427. The average Bonchev–Trinajstić information content (AvgIpc) is 3.11. The number of phenols is 1. The third-order valence-electron chi connectivity index (χ3n) is 5.58. The maximum atomic E-state index is 12.9. The van der Waals surface area contributed by atoms with Gasteiger partial charge in [0, 0.05) is 29.6 Å². The number of phenolic OH excluding ortho intramolecular Hbond substituents is 1. The first-order valence-corrected chi connectivity index (χ1v) is 10.3. The van der Waals surface area contributed by atoms with Gasteiger partial charge in [-0.15, -0.1) is 0 Å². The van der Waals surface area contributed by atoms with E-state index in [0.717, 1.165) is 30.6 Å². The fourth-order valence-corrected chi connectivity index (χ4v) is 4.25. The molecule has 29 heavy (non-hydrogen) atoms. The molecule has 0 bridgehead atoms. The van der Waals surface area contributed by atoms with Crippen LogP contribution in [-0.2, 0) is 11.3 Å². The summed E-state index contributed by atoms with van der Waals surface area (Å²) < 4.78 is 11.5. The summed E-state index contributed by atoms with van der Waals surface area (Å²) in [4.78, 5) is 15.3. The van der Waals surface area contributed by atoms with Crippen LogP contribution in [0.5, 0.6) is 5.75 Å². The van der Waals surface area contributed by atoms with Gasteiger partial charge in [-0.3, -0.25) is 4.90 Å². The SMILES string of the molecule is CCOC(=O)c1c(-c2ccccc2)oc2ccc(O)c(CN3CCC[C@H](C)C3)c12. The van der Waals surface area contributed by atoms with Crippen LogP contribution in [0.1, 0.15) is 42.6 Å². The van der Waals surface area contributed by atoms with Crippen LogP contribution in [0.2, 0.25) is 0 Å². The van der Waals surface area contributed by atoms with E-state index >= 15 is 0 Å². The largest absolute Gasteiger partial charge is 0.508 e. The second-order valence-corrected chi connectivity index (χ2v) is 7.81. The molecule has 2 heterocycles. The highest BCUT2D eigenvalue weighted by atomic mass is 16.5. The highest BCUT2D eigenvalue weighted by molar-refractivity contribution is 6.10. The van der Waals surface area contributed by atoms with Gasteiger partial charge in [0.05, 0.1) is 6.61 Å². The summed E-state index contributed by atoms with van der Waals surface area (Å²) in [6.07, 6.45) is 2.37. The Morgan fingerprint density at radius 3 is 2.76 bits per heavy atom. The normalized spacial score (nSPS) is 17.5. The van der Waals surface area contributed by atoms with Crippen LogP contribution in [-0.4, -0.2) is 35.7 Å². The minimum absolute atomic E-state index is 0.182. The van der Waals surface area contributed by atoms with Crippen molar-refractivity contribution in [1.82, 2.24) is 4.90 Å². The molecule has 0 spiro atoms. The number of likely N-dealkylation sites (tertiary alicyclic amines) is 1. The Morgan fingerprint density at radius 2 is 2.03 bits per heavy atom. The Morgan fingerprint density at radius 1 is 1.24 bits per heavy atom. The van der Waals surface area contributed by atoms with Crippen molar-refractivity contribution in [1.29, 1.82) is 0 Å². The molecular formula is C24H27NO4. The van der Waals surface area contributed by atoms with Gasteiger partial charge in [0.1, 0.15) is 22.7 Å². The van der Waals surface area contributed by atoms with Gasteiger partial charge in [0.25, 0.3) is 0 Å². The maximum Gasteiger partial charge on any atom is 0.342 e. The van der Waals surface area contributed by atoms with Crippen molar-refractivity contribution in [3.63, 3.8) is 0 Å². The molecule has 2 aromatic carbocycles. The zero-order valence-corrected chi connectivity index (χ0v) is 17.0. The van der Waals surface area contributed by atoms with E-state index in [1.54, 1.807) is 19.1 Å². The van der Waals surface area contributed by atoms with Crippen LogP contribution in [0.3, 0.4) is 0 Å². The predicted molar refractivity (Wildman–Crippen MR) is 113 cm³/mol. The third kappa shape index (κ3) is 3.87. The number of ether oxygens (including phenoxy) is 1. The summed E-state index contributed by atoms with van der Waals surface area (Å²) in [7, 11) is 0. The van der Waals surface area contributed by atoms with E-state index in [1.807, 2.05) is 30.3 Å². The molecule has 1 saturated heterocycles. The van der Waals surface area contributed by atoms with Gasteiger partial charge in [-0.2, -0.15) is 0 Å². The molecule has 0 radical (unpaired) electrons. The number of rotatable bonds is 5. The average molecular weight is 393 g/mol. The van der Waals surface area contributed by atoms with E-state index in [-0.39, 0.29) is 12.4 Å². The lowest BCUT2D eigenvalue weighted by Gasteiger charge is -2.31. The topological polar surface area (TPSA) is 62.9 Å². The van der Waals surface area contributed by atoms with E-state index < -0.39 is 5.97 Å². The third-order valence-corrected chi connectivity index (χ3v) is 5.58. The van der Waals surface area contributed by atoms with Crippen molar-refractivity contribution in [2.45, 2.75) is 33.2 Å². The van der Waals surface area contributed by atoms with Gasteiger partial charge in [0.2, 0.25) is 0 Å².